The first-order valence-corrected chi connectivity index (χ1v) is 10.5. The Morgan fingerprint density at radius 1 is 1.13 bits per heavy atom. The summed E-state index contributed by atoms with van der Waals surface area (Å²) in [6.45, 7) is 4.27. The topological polar surface area (TPSA) is 46.2 Å². The van der Waals surface area contributed by atoms with Crippen LogP contribution in [-0.4, -0.2) is 14.5 Å². The van der Waals surface area contributed by atoms with Gasteiger partial charge in [0.15, 0.2) is 0 Å². The molecule has 3 nitrogen and oxygen atoms in total. The zero-order valence-corrected chi connectivity index (χ0v) is 15.2. The summed E-state index contributed by atoms with van der Waals surface area (Å²) in [6, 6.07) is 7.26. The van der Waals surface area contributed by atoms with Crippen LogP contribution in [0.1, 0.15) is 63.9 Å². The first kappa shape index (κ1) is 17.0. The molecule has 128 valence electrons. The van der Waals surface area contributed by atoms with Crippen molar-refractivity contribution in [2.24, 2.45) is 11.3 Å². The van der Waals surface area contributed by atoms with Gasteiger partial charge in [0.25, 0.3) is 0 Å². The van der Waals surface area contributed by atoms with Crippen LogP contribution in [-0.2, 0) is 10.0 Å². The van der Waals surface area contributed by atoms with E-state index >= 15 is 0 Å². The van der Waals surface area contributed by atoms with Gasteiger partial charge in [0.2, 0.25) is 10.0 Å². The average Bonchev–Trinajstić information content (AvgIpc) is 3.25. The van der Waals surface area contributed by atoms with Crippen molar-refractivity contribution < 1.29 is 8.42 Å². The molecule has 0 aliphatic heterocycles. The molecular weight excluding hydrogens is 306 g/mol. The summed E-state index contributed by atoms with van der Waals surface area (Å²) >= 11 is 0. The lowest BCUT2D eigenvalue weighted by Crippen LogP contribution is -2.42. The van der Waals surface area contributed by atoms with E-state index < -0.39 is 10.0 Å². The van der Waals surface area contributed by atoms with Gasteiger partial charge >= 0.3 is 0 Å². The van der Waals surface area contributed by atoms with Crippen LogP contribution < -0.4 is 4.72 Å². The maximum atomic E-state index is 12.8. The third-order valence-corrected chi connectivity index (χ3v) is 7.18. The van der Waals surface area contributed by atoms with Gasteiger partial charge in [-0.25, -0.2) is 13.1 Å². The summed E-state index contributed by atoms with van der Waals surface area (Å²) in [6.07, 6.45) is 9.57. The molecule has 4 heteroatoms. The SMILES string of the molecule is Cc1ccc(S(=O)(=O)NC(CC2(C)CC2)C2CCCCC2)cc1. The summed E-state index contributed by atoms with van der Waals surface area (Å²) in [5.41, 5.74) is 1.44. The summed E-state index contributed by atoms with van der Waals surface area (Å²) in [5, 5.41) is 0. The molecule has 2 aliphatic carbocycles. The van der Waals surface area contributed by atoms with Crippen molar-refractivity contribution in [3.05, 3.63) is 29.8 Å². The molecule has 1 atom stereocenters. The highest BCUT2D eigenvalue weighted by Crippen LogP contribution is 2.50. The second kappa shape index (κ2) is 6.56. The van der Waals surface area contributed by atoms with Crippen molar-refractivity contribution in [1.82, 2.24) is 4.72 Å². The van der Waals surface area contributed by atoms with Gasteiger partial charge in [-0.05, 0) is 62.5 Å². The smallest absolute Gasteiger partial charge is 0.208 e. The van der Waals surface area contributed by atoms with E-state index in [0.717, 1.165) is 24.8 Å². The first-order valence-electron chi connectivity index (χ1n) is 8.97. The van der Waals surface area contributed by atoms with Crippen molar-refractivity contribution in [1.29, 1.82) is 0 Å². The molecule has 2 aliphatic rings. The molecule has 2 fully saturated rings. The molecular formula is C19H29NO2S. The molecule has 0 spiro atoms. The second-order valence-corrected chi connectivity index (χ2v) is 9.67. The summed E-state index contributed by atoms with van der Waals surface area (Å²) in [7, 11) is -3.42. The molecule has 0 aromatic heterocycles. The van der Waals surface area contributed by atoms with Crippen LogP contribution in [0, 0.1) is 18.3 Å². The molecule has 1 unspecified atom stereocenters. The summed E-state index contributed by atoms with van der Waals surface area (Å²) < 4.78 is 28.7. The number of sulfonamides is 1. The molecule has 1 aromatic carbocycles. The molecule has 0 amide bonds. The van der Waals surface area contributed by atoms with Gasteiger partial charge in [0.1, 0.15) is 0 Å². The fourth-order valence-corrected chi connectivity index (χ4v) is 5.08. The highest BCUT2D eigenvalue weighted by molar-refractivity contribution is 7.89. The van der Waals surface area contributed by atoms with Gasteiger partial charge in [0, 0.05) is 6.04 Å². The van der Waals surface area contributed by atoms with Gasteiger partial charge in [-0.3, -0.25) is 0 Å². The lowest BCUT2D eigenvalue weighted by molar-refractivity contribution is 0.253. The van der Waals surface area contributed by atoms with E-state index in [2.05, 4.69) is 11.6 Å². The number of nitrogens with one attached hydrogen (secondary N) is 1. The van der Waals surface area contributed by atoms with Gasteiger partial charge in [-0.1, -0.05) is 43.9 Å². The van der Waals surface area contributed by atoms with Gasteiger partial charge in [-0.2, -0.15) is 0 Å². The third-order valence-electron chi connectivity index (χ3n) is 5.67. The quantitative estimate of drug-likeness (QED) is 0.837. The van der Waals surface area contributed by atoms with Crippen molar-refractivity contribution in [3.8, 4) is 0 Å². The molecule has 2 saturated carbocycles. The van der Waals surface area contributed by atoms with E-state index in [1.807, 2.05) is 19.1 Å². The Hall–Kier alpha value is -0.870. The van der Waals surface area contributed by atoms with Crippen LogP contribution >= 0.6 is 0 Å². The van der Waals surface area contributed by atoms with Crippen molar-refractivity contribution >= 4 is 10.0 Å². The minimum atomic E-state index is -3.42. The number of rotatable bonds is 6. The minimum absolute atomic E-state index is 0.0918. The fraction of sp³-hybridized carbons (Fsp3) is 0.684. The minimum Gasteiger partial charge on any atom is -0.208 e. The molecule has 0 saturated heterocycles. The number of hydrogen-bond acceptors (Lipinski definition) is 2. The highest BCUT2D eigenvalue weighted by atomic mass is 32.2. The zero-order valence-electron chi connectivity index (χ0n) is 14.3. The van der Waals surface area contributed by atoms with E-state index in [4.69, 9.17) is 0 Å². The van der Waals surface area contributed by atoms with Crippen LogP contribution in [0.4, 0.5) is 0 Å². The van der Waals surface area contributed by atoms with Crippen molar-refractivity contribution in [2.45, 2.75) is 76.2 Å². The standard InChI is InChI=1S/C19H29NO2S/c1-15-8-10-17(11-9-15)23(21,22)20-18(14-19(2)12-13-19)16-6-4-3-5-7-16/h8-11,16,18,20H,3-7,12-14H2,1-2H3. The second-order valence-electron chi connectivity index (χ2n) is 7.95. The van der Waals surface area contributed by atoms with E-state index in [9.17, 15) is 8.42 Å². The largest absolute Gasteiger partial charge is 0.240 e. The van der Waals surface area contributed by atoms with Crippen molar-refractivity contribution in [2.75, 3.05) is 0 Å². The normalized spacial score (nSPS) is 22.7. The lowest BCUT2D eigenvalue weighted by atomic mass is 9.80. The van der Waals surface area contributed by atoms with E-state index in [-0.39, 0.29) is 6.04 Å². The van der Waals surface area contributed by atoms with Crippen LogP contribution in [0.2, 0.25) is 0 Å². The van der Waals surface area contributed by atoms with Crippen LogP contribution in [0.15, 0.2) is 29.2 Å². The monoisotopic (exact) mass is 335 g/mol. The Kier molecular flexibility index (Phi) is 4.84. The van der Waals surface area contributed by atoms with Crippen molar-refractivity contribution in [3.63, 3.8) is 0 Å². The van der Waals surface area contributed by atoms with Crippen LogP contribution in [0.5, 0.6) is 0 Å². The van der Waals surface area contributed by atoms with E-state index in [1.165, 1.54) is 32.1 Å². The molecule has 0 radical (unpaired) electrons. The number of aryl methyl sites for hydroxylation is 1. The Morgan fingerprint density at radius 2 is 1.74 bits per heavy atom. The Balaban J connectivity index is 1.77. The Bertz CT molecular complexity index is 626. The van der Waals surface area contributed by atoms with Gasteiger partial charge in [0.05, 0.1) is 4.90 Å². The van der Waals surface area contributed by atoms with Crippen LogP contribution in [0.3, 0.4) is 0 Å². The van der Waals surface area contributed by atoms with E-state index in [0.29, 0.717) is 16.2 Å². The molecule has 1 N–H and O–H groups in total. The van der Waals surface area contributed by atoms with Gasteiger partial charge < -0.3 is 0 Å². The average molecular weight is 336 g/mol. The van der Waals surface area contributed by atoms with E-state index in [1.54, 1.807) is 12.1 Å². The van der Waals surface area contributed by atoms with Gasteiger partial charge in [-0.15, -0.1) is 0 Å². The summed E-state index contributed by atoms with van der Waals surface area (Å²) in [5.74, 6) is 0.501. The predicted molar refractivity (Wildman–Crippen MR) is 93.8 cm³/mol. The summed E-state index contributed by atoms with van der Waals surface area (Å²) in [4.78, 5) is 0.393. The molecule has 3 rings (SSSR count). The molecule has 1 aromatic rings. The Morgan fingerprint density at radius 3 is 2.30 bits per heavy atom. The number of benzene rings is 1. The number of hydrogen-bond donors (Lipinski definition) is 1. The zero-order chi connectivity index (χ0) is 16.5. The van der Waals surface area contributed by atoms with Crippen LogP contribution in [0.25, 0.3) is 0 Å². The molecule has 0 bridgehead atoms. The molecule has 0 heterocycles. The lowest BCUT2D eigenvalue weighted by Gasteiger charge is -2.32. The molecule has 23 heavy (non-hydrogen) atoms. The highest BCUT2D eigenvalue weighted by Gasteiger charge is 2.42. The third kappa shape index (κ3) is 4.36. The fourth-order valence-electron chi connectivity index (χ4n) is 3.77. The predicted octanol–water partition coefficient (Wildman–Crippen LogP) is 4.41. The first-order chi connectivity index (χ1) is 10.9. The maximum absolute atomic E-state index is 12.8. The Labute approximate surface area is 140 Å². The maximum Gasteiger partial charge on any atom is 0.240 e.